The molecule has 0 fully saturated rings. The number of imidazole rings is 1. The number of anilines is 1. The Labute approximate surface area is 127 Å². The lowest BCUT2D eigenvalue weighted by atomic mass is 10.1. The molecule has 0 saturated carbocycles. The maximum atomic E-state index is 5.17. The van der Waals surface area contributed by atoms with Gasteiger partial charge < -0.3 is 14.6 Å². The first-order valence-electron chi connectivity index (χ1n) is 7.43. The van der Waals surface area contributed by atoms with Crippen LogP contribution in [0.15, 0.2) is 30.5 Å². The summed E-state index contributed by atoms with van der Waals surface area (Å²) in [6.07, 6.45) is 3.10. The van der Waals surface area contributed by atoms with E-state index >= 15 is 0 Å². The number of hydrogen-bond acceptors (Lipinski definition) is 3. The maximum Gasteiger partial charge on any atom is 0.203 e. The summed E-state index contributed by atoms with van der Waals surface area (Å²) < 4.78 is 7.35. The van der Waals surface area contributed by atoms with Crippen molar-refractivity contribution in [2.75, 3.05) is 19.0 Å². The summed E-state index contributed by atoms with van der Waals surface area (Å²) in [4.78, 5) is 4.56. The van der Waals surface area contributed by atoms with Crippen LogP contribution in [-0.4, -0.2) is 29.3 Å². The van der Waals surface area contributed by atoms with Crippen LogP contribution in [0, 0.1) is 13.8 Å². The van der Waals surface area contributed by atoms with E-state index in [1.54, 1.807) is 7.11 Å². The molecular weight excluding hydrogens is 262 g/mol. The standard InChI is InChI=1S/C17H25N3O/c1-13-6-5-7-16(10-13)8-9-20-11-14(2)18-17(20)19-15(3)12-21-4/h5-7,10-11,15H,8-9,12H2,1-4H3,(H,18,19). The molecule has 0 aliphatic rings. The first kappa shape index (κ1) is 15.6. The summed E-state index contributed by atoms with van der Waals surface area (Å²) >= 11 is 0. The van der Waals surface area contributed by atoms with E-state index in [-0.39, 0.29) is 6.04 Å². The van der Waals surface area contributed by atoms with Gasteiger partial charge in [-0.2, -0.15) is 0 Å². The lowest BCUT2D eigenvalue weighted by Gasteiger charge is -2.15. The van der Waals surface area contributed by atoms with E-state index in [0.717, 1.165) is 24.6 Å². The number of nitrogens with zero attached hydrogens (tertiary/aromatic N) is 2. The number of aromatic nitrogens is 2. The third kappa shape index (κ3) is 4.60. The Balaban J connectivity index is 2.02. The number of ether oxygens (including phenoxy) is 1. The quantitative estimate of drug-likeness (QED) is 0.850. The lowest BCUT2D eigenvalue weighted by molar-refractivity contribution is 0.190. The van der Waals surface area contributed by atoms with E-state index in [4.69, 9.17) is 4.74 Å². The van der Waals surface area contributed by atoms with E-state index in [0.29, 0.717) is 6.61 Å². The van der Waals surface area contributed by atoms with Crippen molar-refractivity contribution in [2.24, 2.45) is 0 Å². The molecule has 2 aromatic rings. The van der Waals surface area contributed by atoms with E-state index < -0.39 is 0 Å². The van der Waals surface area contributed by atoms with Gasteiger partial charge in [0.1, 0.15) is 0 Å². The zero-order valence-electron chi connectivity index (χ0n) is 13.4. The fraction of sp³-hybridized carbons (Fsp3) is 0.471. The molecule has 0 radical (unpaired) electrons. The van der Waals surface area contributed by atoms with Gasteiger partial charge >= 0.3 is 0 Å². The molecule has 0 aliphatic heterocycles. The average Bonchev–Trinajstić information content (AvgIpc) is 2.77. The van der Waals surface area contributed by atoms with Crippen molar-refractivity contribution in [3.63, 3.8) is 0 Å². The summed E-state index contributed by atoms with van der Waals surface area (Å²) in [7, 11) is 1.72. The van der Waals surface area contributed by atoms with Gasteiger partial charge in [-0.3, -0.25) is 0 Å². The van der Waals surface area contributed by atoms with Crippen molar-refractivity contribution >= 4 is 5.95 Å². The minimum Gasteiger partial charge on any atom is -0.383 e. The molecule has 1 unspecified atom stereocenters. The molecule has 4 nitrogen and oxygen atoms in total. The van der Waals surface area contributed by atoms with Crippen molar-refractivity contribution in [3.05, 3.63) is 47.3 Å². The van der Waals surface area contributed by atoms with Crippen LogP contribution in [0.3, 0.4) is 0 Å². The predicted molar refractivity (Wildman–Crippen MR) is 86.8 cm³/mol. The average molecular weight is 287 g/mol. The number of rotatable bonds is 7. The molecule has 114 valence electrons. The van der Waals surface area contributed by atoms with E-state index in [2.05, 4.69) is 59.2 Å². The molecule has 0 bridgehead atoms. The van der Waals surface area contributed by atoms with Gasteiger partial charge in [0.25, 0.3) is 0 Å². The smallest absolute Gasteiger partial charge is 0.203 e. The Kier molecular flexibility index (Phi) is 5.39. The van der Waals surface area contributed by atoms with Gasteiger partial charge in [0.2, 0.25) is 5.95 Å². The van der Waals surface area contributed by atoms with Crippen LogP contribution < -0.4 is 5.32 Å². The zero-order valence-corrected chi connectivity index (χ0v) is 13.4. The van der Waals surface area contributed by atoms with Crippen molar-refractivity contribution in [2.45, 2.75) is 39.8 Å². The third-order valence-corrected chi connectivity index (χ3v) is 3.41. The molecule has 0 saturated heterocycles. The van der Waals surface area contributed by atoms with Crippen LogP contribution in [0.25, 0.3) is 0 Å². The number of nitrogens with one attached hydrogen (secondary N) is 1. The van der Waals surface area contributed by atoms with Crippen molar-refractivity contribution < 1.29 is 4.74 Å². The van der Waals surface area contributed by atoms with Crippen LogP contribution in [0.1, 0.15) is 23.7 Å². The van der Waals surface area contributed by atoms with Crippen molar-refractivity contribution in [1.29, 1.82) is 0 Å². The number of aryl methyl sites for hydroxylation is 4. The highest BCUT2D eigenvalue weighted by Gasteiger charge is 2.09. The summed E-state index contributed by atoms with van der Waals surface area (Å²) in [6, 6.07) is 8.91. The molecule has 1 N–H and O–H groups in total. The number of hydrogen-bond donors (Lipinski definition) is 1. The third-order valence-electron chi connectivity index (χ3n) is 3.41. The molecule has 0 spiro atoms. The highest BCUT2D eigenvalue weighted by atomic mass is 16.5. The van der Waals surface area contributed by atoms with Crippen LogP contribution in [0.5, 0.6) is 0 Å². The fourth-order valence-corrected chi connectivity index (χ4v) is 2.46. The van der Waals surface area contributed by atoms with Crippen LogP contribution >= 0.6 is 0 Å². The van der Waals surface area contributed by atoms with E-state index in [9.17, 15) is 0 Å². The van der Waals surface area contributed by atoms with Gasteiger partial charge in [-0.25, -0.2) is 4.98 Å². The Hall–Kier alpha value is -1.81. The summed E-state index contributed by atoms with van der Waals surface area (Å²) in [5, 5.41) is 3.41. The number of benzene rings is 1. The molecule has 1 aromatic carbocycles. The molecule has 0 amide bonds. The number of methoxy groups -OCH3 is 1. The second-order valence-electron chi connectivity index (χ2n) is 5.64. The van der Waals surface area contributed by atoms with Crippen molar-refractivity contribution in [3.8, 4) is 0 Å². The van der Waals surface area contributed by atoms with Gasteiger partial charge in [0, 0.05) is 25.9 Å². The first-order chi connectivity index (χ1) is 10.1. The molecule has 21 heavy (non-hydrogen) atoms. The molecule has 1 atom stereocenters. The normalized spacial score (nSPS) is 12.4. The first-order valence-corrected chi connectivity index (χ1v) is 7.43. The second kappa shape index (κ2) is 7.27. The maximum absolute atomic E-state index is 5.17. The molecule has 4 heteroatoms. The Morgan fingerprint density at radius 1 is 1.33 bits per heavy atom. The highest BCUT2D eigenvalue weighted by Crippen LogP contribution is 2.12. The van der Waals surface area contributed by atoms with Gasteiger partial charge in [-0.1, -0.05) is 29.8 Å². The molecule has 2 rings (SSSR count). The Morgan fingerprint density at radius 3 is 2.86 bits per heavy atom. The fourth-order valence-electron chi connectivity index (χ4n) is 2.46. The van der Waals surface area contributed by atoms with E-state index in [1.165, 1.54) is 11.1 Å². The van der Waals surface area contributed by atoms with Crippen molar-refractivity contribution in [1.82, 2.24) is 9.55 Å². The van der Waals surface area contributed by atoms with Gasteiger partial charge in [0.15, 0.2) is 0 Å². The lowest BCUT2D eigenvalue weighted by Crippen LogP contribution is -2.23. The Morgan fingerprint density at radius 2 is 2.14 bits per heavy atom. The van der Waals surface area contributed by atoms with E-state index in [1.807, 2.05) is 6.92 Å². The topological polar surface area (TPSA) is 39.1 Å². The largest absolute Gasteiger partial charge is 0.383 e. The zero-order chi connectivity index (χ0) is 15.2. The van der Waals surface area contributed by atoms with Crippen LogP contribution in [0.4, 0.5) is 5.95 Å². The predicted octanol–water partition coefficient (Wildman–Crippen LogP) is 3.19. The Bertz CT molecular complexity index is 577. The van der Waals surface area contributed by atoms with Gasteiger partial charge in [0.05, 0.1) is 12.3 Å². The molecular formula is C17H25N3O. The molecule has 1 heterocycles. The monoisotopic (exact) mass is 287 g/mol. The van der Waals surface area contributed by atoms with Gasteiger partial charge in [-0.15, -0.1) is 0 Å². The van der Waals surface area contributed by atoms with Crippen LogP contribution in [0.2, 0.25) is 0 Å². The highest BCUT2D eigenvalue weighted by molar-refractivity contribution is 5.30. The van der Waals surface area contributed by atoms with Gasteiger partial charge in [-0.05, 0) is 32.8 Å². The van der Waals surface area contributed by atoms with Crippen LogP contribution in [-0.2, 0) is 17.7 Å². The summed E-state index contributed by atoms with van der Waals surface area (Å²) in [5.74, 6) is 0.921. The second-order valence-corrected chi connectivity index (χ2v) is 5.64. The molecule has 0 aliphatic carbocycles. The minimum absolute atomic E-state index is 0.245. The SMILES string of the molecule is COCC(C)Nc1nc(C)cn1CCc1cccc(C)c1. The summed E-state index contributed by atoms with van der Waals surface area (Å²) in [6.45, 7) is 7.84. The summed E-state index contributed by atoms with van der Waals surface area (Å²) in [5.41, 5.74) is 3.70. The minimum atomic E-state index is 0.245. The molecule has 1 aromatic heterocycles.